The van der Waals surface area contributed by atoms with Crippen molar-refractivity contribution in [3.63, 3.8) is 0 Å². The normalized spacial score (nSPS) is 17.5. The molecule has 1 saturated heterocycles. The molecule has 2 aliphatic rings. The summed E-state index contributed by atoms with van der Waals surface area (Å²) in [6.45, 7) is 2.34. The fraction of sp³-hybridized carbons (Fsp3) is 0.375. The lowest BCUT2D eigenvalue weighted by Gasteiger charge is -2.24. The quantitative estimate of drug-likeness (QED) is 0.612. The van der Waals surface area contributed by atoms with E-state index in [0.29, 0.717) is 42.5 Å². The van der Waals surface area contributed by atoms with E-state index in [0.717, 1.165) is 38.1 Å². The van der Waals surface area contributed by atoms with Gasteiger partial charge < -0.3 is 19.4 Å². The smallest absolute Gasteiger partial charge is 0.260 e. The number of amides is 1. The average molecular weight is 436 g/mol. The Morgan fingerprint density at radius 3 is 2.88 bits per heavy atom. The van der Waals surface area contributed by atoms with Crippen molar-refractivity contribution in [2.75, 3.05) is 25.1 Å². The van der Waals surface area contributed by atoms with E-state index in [-0.39, 0.29) is 23.4 Å². The van der Waals surface area contributed by atoms with Crippen LogP contribution < -0.4 is 10.1 Å². The number of ether oxygens (including phenoxy) is 2. The second-order valence-corrected chi connectivity index (χ2v) is 8.12. The van der Waals surface area contributed by atoms with Crippen molar-refractivity contribution in [3.8, 4) is 17.3 Å². The summed E-state index contributed by atoms with van der Waals surface area (Å²) in [5.41, 5.74) is 1.54. The van der Waals surface area contributed by atoms with E-state index in [1.807, 2.05) is 22.9 Å². The number of anilines is 1. The van der Waals surface area contributed by atoms with Crippen LogP contribution in [0.4, 0.5) is 10.2 Å². The highest BCUT2D eigenvalue weighted by Crippen LogP contribution is 2.34. The molecule has 1 amide bonds. The number of pyridine rings is 1. The molecule has 2 bridgehead atoms. The van der Waals surface area contributed by atoms with E-state index >= 15 is 0 Å². The molecular formula is C24H25FN4O3. The molecule has 32 heavy (non-hydrogen) atoms. The van der Waals surface area contributed by atoms with Crippen molar-refractivity contribution in [3.05, 3.63) is 59.7 Å². The van der Waals surface area contributed by atoms with Crippen LogP contribution in [0.2, 0.25) is 0 Å². The van der Waals surface area contributed by atoms with E-state index < -0.39 is 0 Å². The number of rotatable bonds is 1. The second kappa shape index (κ2) is 9.08. The molecule has 0 aliphatic carbocycles. The summed E-state index contributed by atoms with van der Waals surface area (Å²) in [5, 5.41) is 2.85. The molecule has 3 aromatic rings. The van der Waals surface area contributed by atoms with Crippen molar-refractivity contribution in [2.45, 2.75) is 38.1 Å². The van der Waals surface area contributed by atoms with Gasteiger partial charge >= 0.3 is 0 Å². The molecule has 5 rings (SSSR count). The van der Waals surface area contributed by atoms with Crippen LogP contribution >= 0.6 is 0 Å². The molecule has 1 fully saturated rings. The van der Waals surface area contributed by atoms with E-state index in [9.17, 15) is 9.18 Å². The average Bonchev–Trinajstić information content (AvgIpc) is 3.28. The molecule has 0 spiro atoms. The summed E-state index contributed by atoms with van der Waals surface area (Å²) in [6, 6.07) is 8.42. The number of nitrogens with zero attached hydrogens (tertiary/aromatic N) is 3. The summed E-state index contributed by atoms with van der Waals surface area (Å²) >= 11 is 0. The van der Waals surface area contributed by atoms with Crippen LogP contribution in [0.3, 0.4) is 0 Å². The molecule has 166 valence electrons. The van der Waals surface area contributed by atoms with Gasteiger partial charge in [-0.3, -0.25) is 4.79 Å². The number of nitrogens with one attached hydrogen (secondary N) is 1. The molecule has 1 aromatic carbocycles. The largest absolute Gasteiger partial charge is 0.493 e. The fourth-order valence-corrected chi connectivity index (χ4v) is 4.29. The standard InChI is InChI=1S/C24H25FN4O3/c25-19-15-21-18(14-17(19)16-6-12-31-13-7-16)24(30)28-22-5-3-4-20(27-22)23-26-8-10-29(23)9-1-2-11-32-21/h3-5,8,10,14-16H,1-2,6-7,9,11-13H2,(H,27,28,30). The summed E-state index contributed by atoms with van der Waals surface area (Å²) in [6.07, 6.45) is 6.73. The summed E-state index contributed by atoms with van der Waals surface area (Å²) in [4.78, 5) is 22.2. The molecule has 0 atom stereocenters. The maximum atomic E-state index is 15.0. The van der Waals surface area contributed by atoms with E-state index in [1.54, 1.807) is 18.3 Å². The van der Waals surface area contributed by atoms with Gasteiger partial charge in [-0.25, -0.2) is 14.4 Å². The summed E-state index contributed by atoms with van der Waals surface area (Å²) in [5.74, 6) is 0.721. The van der Waals surface area contributed by atoms with Gasteiger partial charge in [0.1, 0.15) is 23.1 Å². The van der Waals surface area contributed by atoms with E-state index in [1.165, 1.54) is 6.07 Å². The van der Waals surface area contributed by atoms with Crippen LogP contribution in [-0.4, -0.2) is 40.3 Å². The van der Waals surface area contributed by atoms with E-state index in [4.69, 9.17) is 9.47 Å². The number of aromatic nitrogens is 3. The SMILES string of the molecule is O=C1Nc2cccc(n2)-c2nccn2CCCCOc2cc(F)c(C3CCOCC3)cc21. The number of fused-ring (bicyclic) bond motifs is 5. The Hall–Kier alpha value is -3.26. The molecular weight excluding hydrogens is 411 g/mol. The molecule has 0 saturated carbocycles. The van der Waals surface area contributed by atoms with Gasteiger partial charge in [0, 0.05) is 38.2 Å². The van der Waals surface area contributed by atoms with Crippen molar-refractivity contribution in [1.29, 1.82) is 0 Å². The maximum Gasteiger partial charge on any atom is 0.260 e. The first-order chi connectivity index (χ1) is 15.7. The van der Waals surface area contributed by atoms with Gasteiger partial charge in [0.25, 0.3) is 5.91 Å². The van der Waals surface area contributed by atoms with Crippen LogP contribution in [-0.2, 0) is 11.3 Å². The first-order valence-corrected chi connectivity index (χ1v) is 11.0. The number of imidazole rings is 1. The highest BCUT2D eigenvalue weighted by molar-refractivity contribution is 6.06. The lowest BCUT2D eigenvalue weighted by molar-refractivity contribution is 0.0845. The van der Waals surface area contributed by atoms with Crippen LogP contribution in [0.5, 0.6) is 5.75 Å². The lowest BCUT2D eigenvalue weighted by atomic mass is 9.90. The summed E-state index contributed by atoms with van der Waals surface area (Å²) < 4.78 is 28.3. The second-order valence-electron chi connectivity index (χ2n) is 8.12. The Morgan fingerprint density at radius 2 is 2.00 bits per heavy atom. The maximum absolute atomic E-state index is 15.0. The van der Waals surface area contributed by atoms with Gasteiger partial charge in [-0.2, -0.15) is 0 Å². The first-order valence-electron chi connectivity index (χ1n) is 11.0. The lowest BCUT2D eigenvalue weighted by Crippen LogP contribution is -2.19. The van der Waals surface area contributed by atoms with Crippen LogP contribution in [0.15, 0.2) is 42.7 Å². The number of hydrogen-bond donors (Lipinski definition) is 1. The zero-order chi connectivity index (χ0) is 21.9. The minimum Gasteiger partial charge on any atom is -0.493 e. The van der Waals surface area contributed by atoms with Crippen molar-refractivity contribution in [1.82, 2.24) is 14.5 Å². The Kier molecular flexibility index (Phi) is 5.85. The third-order valence-electron chi connectivity index (χ3n) is 5.99. The fourth-order valence-electron chi connectivity index (χ4n) is 4.29. The highest BCUT2D eigenvalue weighted by Gasteiger charge is 2.24. The van der Waals surface area contributed by atoms with Crippen LogP contribution in [0, 0.1) is 5.82 Å². The monoisotopic (exact) mass is 436 g/mol. The zero-order valence-electron chi connectivity index (χ0n) is 17.7. The van der Waals surface area contributed by atoms with Crippen LogP contribution in [0.1, 0.15) is 47.5 Å². The Bertz CT molecular complexity index is 1120. The topological polar surface area (TPSA) is 78.3 Å². The van der Waals surface area contributed by atoms with Gasteiger partial charge in [-0.15, -0.1) is 0 Å². The number of carbonyl (C=O) groups excluding carboxylic acids is 1. The highest BCUT2D eigenvalue weighted by atomic mass is 19.1. The third kappa shape index (κ3) is 4.23. The van der Waals surface area contributed by atoms with Crippen LogP contribution in [0.25, 0.3) is 11.5 Å². The molecule has 2 aliphatic heterocycles. The number of hydrogen-bond acceptors (Lipinski definition) is 5. The van der Waals surface area contributed by atoms with Crippen molar-refractivity contribution >= 4 is 11.7 Å². The first kappa shape index (κ1) is 20.6. The van der Waals surface area contributed by atoms with Gasteiger partial charge in [0.05, 0.1) is 12.2 Å². The summed E-state index contributed by atoms with van der Waals surface area (Å²) in [7, 11) is 0. The number of carbonyl (C=O) groups is 1. The number of halogens is 1. The number of aryl methyl sites for hydroxylation is 1. The van der Waals surface area contributed by atoms with Gasteiger partial charge in [0.2, 0.25) is 0 Å². The molecule has 0 unspecified atom stereocenters. The van der Waals surface area contributed by atoms with Crippen molar-refractivity contribution < 1.29 is 18.7 Å². The predicted octanol–water partition coefficient (Wildman–Crippen LogP) is 4.40. The minimum atomic E-state index is -0.377. The van der Waals surface area contributed by atoms with Crippen molar-refractivity contribution in [2.24, 2.45) is 0 Å². The number of benzene rings is 1. The molecule has 4 heterocycles. The van der Waals surface area contributed by atoms with Gasteiger partial charge in [0.15, 0.2) is 5.82 Å². The minimum absolute atomic E-state index is 0.0234. The Morgan fingerprint density at radius 1 is 1.12 bits per heavy atom. The molecule has 2 aromatic heterocycles. The Balaban J connectivity index is 1.52. The molecule has 0 radical (unpaired) electrons. The Labute approximate surface area is 185 Å². The zero-order valence-corrected chi connectivity index (χ0v) is 17.7. The third-order valence-corrected chi connectivity index (χ3v) is 5.99. The molecule has 7 nitrogen and oxygen atoms in total. The van der Waals surface area contributed by atoms with E-state index in [2.05, 4.69) is 15.3 Å². The van der Waals surface area contributed by atoms with Gasteiger partial charge in [-0.1, -0.05) is 6.07 Å². The molecule has 1 N–H and O–H groups in total. The predicted molar refractivity (Wildman–Crippen MR) is 117 cm³/mol. The van der Waals surface area contributed by atoms with Gasteiger partial charge in [-0.05, 0) is 55.4 Å². The molecule has 8 heteroatoms.